The predicted molar refractivity (Wildman–Crippen MR) is 109 cm³/mol. The second-order valence-electron chi connectivity index (χ2n) is 5.81. The largest absolute Gasteiger partial charge is 0.278 e. The van der Waals surface area contributed by atoms with E-state index in [1.165, 1.54) is 0 Å². The lowest BCUT2D eigenvalue weighted by atomic mass is 10.1. The lowest BCUT2D eigenvalue weighted by Crippen LogP contribution is -2.05. The molecule has 1 aromatic heterocycles. The van der Waals surface area contributed by atoms with Crippen molar-refractivity contribution in [1.29, 1.82) is 0 Å². The normalized spacial score (nSPS) is 11.9. The fourth-order valence-corrected chi connectivity index (χ4v) is 2.29. The van der Waals surface area contributed by atoms with Gasteiger partial charge in [-0.15, -0.1) is 0 Å². The van der Waals surface area contributed by atoms with Crippen LogP contribution in [0.4, 0.5) is 11.4 Å². The van der Waals surface area contributed by atoms with Gasteiger partial charge in [0.15, 0.2) is 0 Å². The number of nitrogens with one attached hydrogen (secondary N) is 2. The van der Waals surface area contributed by atoms with Crippen LogP contribution in [0.2, 0.25) is 0 Å². The zero-order valence-electron chi connectivity index (χ0n) is 14.8. The van der Waals surface area contributed by atoms with E-state index in [1.54, 1.807) is 12.4 Å². The van der Waals surface area contributed by atoms with Gasteiger partial charge in [0.2, 0.25) is 0 Å². The first-order valence-corrected chi connectivity index (χ1v) is 8.39. The molecule has 5 heteroatoms. The second-order valence-corrected chi connectivity index (χ2v) is 5.81. The molecule has 3 rings (SSSR count). The average molecular weight is 343 g/mol. The Bertz CT molecular complexity index is 829. The van der Waals surface area contributed by atoms with Gasteiger partial charge >= 0.3 is 0 Å². The number of para-hydroxylation sites is 2. The zero-order valence-corrected chi connectivity index (χ0v) is 14.8. The van der Waals surface area contributed by atoms with Crippen LogP contribution in [0.1, 0.15) is 25.0 Å². The van der Waals surface area contributed by atoms with Crippen molar-refractivity contribution in [3.63, 3.8) is 0 Å². The number of nitrogens with zero attached hydrogens (tertiary/aromatic N) is 3. The number of benzene rings is 2. The van der Waals surface area contributed by atoms with Crippen molar-refractivity contribution in [3.05, 3.63) is 90.3 Å². The van der Waals surface area contributed by atoms with E-state index in [0.29, 0.717) is 0 Å². The van der Waals surface area contributed by atoms with Crippen LogP contribution in [0, 0.1) is 0 Å². The second kappa shape index (κ2) is 8.58. The third-order valence-electron chi connectivity index (χ3n) is 3.83. The van der Waals surface area contributed by atoms with E-state index in [2.05, 4.69) is 26.0 Å². The molecular formula is C21H21N5. The highest BCUT2D eigenvalue weighted by atomic mass is 15.3. The van der Waals surface area contributed by atoms with Gasteiger partial charge in [0.1, 0.15) is 0 Å². The lowest BCUT2D eigenvalue weighted by molar-refractivity contribution is 1.26. The van der Waals surface area contributed by atoms with E-state index in [1.807, 2.05) is 80.6 Å². The highest BCUT2D eigenvalue weighted by molar-refractivity contribution is 6.03. The van der Waals surface area contributed by atoms with Crippen molar-refractivity contribution in [2.45, 2.75) is 13.8 Å². The van der Waals surface area contributed by atoms with E-state index >= 15 is 0 Å². The molecule has 0 fully saturated rings. The van der Waals surface area contributed by atoms with Crippen LogP contribution in [0.3, 0.4) is 0 Å². The molecular weight excluding hydrogens is 322 g/mol. The van der Waals surface area contributed by atoms with Crippen molar-refractivity contribution in [3.8, 4) is 0 Å². The number of pyridine rings is 1. The summed E-state index contributed by atoms with van der Waals surface area (Å²) in [6, 6.07) is 21.7. The SMILES string of the molecule is C/C(=N\Nc1ccccc1)c1cncc(/C(C)=N/Nc2ccccc2)c1. The van der Waals surface area contributed by atoms with Gasteiger partial charge in [-0.1, -0.05) is 36.4 Å². The van der Waals surface area contributed by atoms with Crippen LogP contribution in [-0.4, -0.2) is 16.4 Å². The molecule has 0 unspecified atom stereocenters. The maximum absolute atomic E-state index is 4.43. The summed E-state index contributed by atoms with van der Waals surface area (Å²) < 4.78 is 0. The van der Waals surface area contributed by atoms with E-state index < -0.39 is 0 Å². The summed E-state index contributed by atoms with van der Waals surface area (Å²) in [5, 5.41) is 8.86. The van der Waals surface area contributed by atoms with Gasteiger partial charge in [-0.3, -0.25) is 15.8 Å². The first-order valence-electron chi connectivity index (χ1n) is 8.39. The molecule has 0 aliphatic carbocycles. The quantitative estimate of drug-likeness (QED) is 0.501. The van der Waals surface area contributed by atoms with Crippen molar-refractivity contribution < 1.29 is 0 Å². The standard InChI is InChI=1S/C21H21N5/c1-16(23-25-20-9-5-3-6-10-20)18-13-19(15-22-14-18)17(2)24-26-21-11-7-4-8-12-21/h3-15,25-26H,1-2H3/b23-16+,24-17+. The van der Waals surface area contributed by atoms with E-state index in [-0.39, 0.29) is 0 Å². The third-order valence-corrected chi connectivity index (χ3v) is 3.83. The summed E-state index contributed by atoms with van der Waals surface area (Å²) in [5.41, 5.74) is 11.6. The number of aromatic nitrogens is 1. The smallest absolute Gasteiger partial charge is 0.0664 e. The zero-order chi connectivity index (χ0) is 18.2. The Hall–Kier alpha value is -3.47. The number of anilines is 2. The molecule has 2 aromatic carbocycles. The molecule has 5 nitrogen and oxygen atoms in total. The molecule has 130 valence electrons. The Balaban J connectivity index is 1.72. The minimum Gasteiger partial charge on any atom is -0.278 e. The molecule has 26 heavy (non-hydrogen) atoms. The van der Waals surface area contributed by atoms with Gasteiger partial charge < -0.3 is 0 Å². The van der Waals surface area contributed by atoms with Gasteiger partial charge in [0, 0.05) is 23.5 Å². The van der Waals surface area contributed by atoms with Gasteiger partial charge in [-0.05, 0) is 44.2 Å². The Kier molecular flexibility index (Phi) is 5.72. The van der Waals surface area contributed by atoms with E-state index in [9.17, 15) is 0 Å². The number of rotatable bonds is 6. The number of hydrogen-bond donors (Lipinski definition) is 2. The molecule has 0 amide bonds. The summed E-state index contributed by atoms with van der Waals surface area (Å²) in [4.78, 5) is 4.32. The van der Waals surface area contributed by atoms with Crippen molar-refractivity contribution in [2.75, 3.05) is 10.9 Å². The highest BCUT2D eigenvalue weighted by Gasteiger charge is 2.04. The molecule has 0 atom stereocenters. The van der Waals surface area contributed by atoms with Crippen LogP contribution in [0.25, 0.3) is 0 Å². The van der Waals surface area contributed by atoms with Crippen LogP contribution in [-0.2, 0) is 0 Å². The fraction of sp³-hybridized carbons (Fsp3) is 0.0952. The van der Waals surface area contributed by atoms with E-state index in [4.69, 9.17) is 0 Å². The van der Waals surface area contributed by atoms with Gasteiger partial charge in [0.25, 0.3) is 0 Å². The molecule has 3 aromatic rings. The Labute approximate surface area is 153 Å². The average Bonchev–Trinajstić information content (AvgIpc) is 2.72. The molecule has 0 aliphatic rings. The van der Waals surface area contributed by atoms with Crippen molar-refractivity contribution >= 4 is 22.8 Å². The summed E-state index contributed by atoms with van der Waals surface area (Å²) in [7, 11) is 0. The van der Waals surface area contributed by atoms with Crippen LogP contribution >= 0.6 is 0 Å². The molecule has 2 N–H and O–H groups in total. The summed E-state index contributed by atoms with van der Waals surface area (Å²) in [6.45, 7) is 3.90. The first-order chi connectivity index (χ1) is 12.7. The molecule has 0 saturated heterocycles. The van der Waals surface area contributed by atoms with Gasteiger partial charge in [-0.25, -0.2) is 0 Å². The van der Waals surface area contributed by atoms with Crippen LogP contribution < -0.4 is 10.9 Å². The predicted octanol–water partition coefficient (Wildman–Crippen LogP) is 4.75. The summed E-state index contributed by atoms with van der Waals surface area (Å²) in [5.74, 6) is 0. The Morgan fingerprint density at radius 2 is 1.12 bits per heavy atom. The maximum atomic E-state index is 4.43. The van der Waals surface area contributed by atoms with Crippen molar-refractivity contribution in [2.24, 2.45) is 10.2 Å². The minimum atomic E-state index is 0.854. The Morgan fingerprint density at radius 1 is 0.692 bits per heavy atom. The summed E-state index contributed by atoms with van der Waals surface area (Å²) >= 11 is 0. The number of hydrazone groups is 2. The molecule has 1 heterocycles. The highest BCUT2D eigenvalue weighted by Crippen LogP contribution is 2.10. The summed E-state index contributed by atoms with van der Waals surface area (Å²) in [6.07, 6.45) is 3.60. The molecule has 0 bridgehead atoms. The number of hydrogen-bond acceptors (Lipinski definition) is 5. The van der Waals surface area contributed by atoms with E-state index in [0.717, 1.165) is 33.9 Å². The van der Waals surface area contributed by atoms with Crippen LogP contribution in [0.15, 0.2) is 89.3 Å². The maximum Gasteiger partial charge on any atom is 0.0664 e. The molecule has 0 saturated carbocycles. The van der Waals surface area contributed by atoms with Crippen LogP contribution in [0.5, 0.6) is 0 Å². The van der Waals surface area contributed by atoms with Gasteiger partial charge in [0.05, 0.1) is 22.8 Å². The minimum absolute atomic E-state index is 0.854. The molecule has 0 spiro atoms. The molecule has 0 radical (unpaired) electrons. The fourth-order valence-electron chi connectivity index (χ4n) is 2.29. The van der Waals surface area contributed by atoms with Gasteiger partial charge in [-0.2, -0.15) is 10.2 Å². The van der Waals surface area contributed by atoms with Crippen molar-refractivity contribution in [1.82, 2.24) is 4.98 Å². The molecule has 0 aliphatic heterocycles. The topological polar surface area (TPSA) is 61.7 Å². The monoisotopic (exact) mass is 343 g/mol. The lowest BCUT2D eigenvalue weighted by Gasteiger charge is -2.06. The first kappa shape index (κ1) is 17.4. The Morgan fingerprint density at radius 3 is 1.54 bits per heavy atom. The third kappa shape index (κ3) is 4.77.